The van der Waals surface area contributed by atoms with Crippen LogP contribution in [0.25, 0.3) is 39.1 Å². The third-order valence-corrected chi connectivity index (χ3v) is 8.11. The minimum absolute atomic E-state index is 0.126. The number of piperidine rings is 1. The molecule has 0 atom stereocenters. The summed E-state index contributed by atoms with van der Waals surface area (Å²) >= 11 is 0. The van der Waals surface area contributed by atoms with Crippen LogP contribution in [0.4, 0.5) is 26.7 Å². The van der Waals surface area contributed by atoms with Gasteiger partial charge in [-0.3, -0.25) is 19.4 Å². The lowest BCUT2D eigenvalue weighted by atomic mass is 9.99. The summed E-state index contributed by atoms with van der Waals surface area (Å²) in [5.74, 6) is -2.84. The molecule has 1 aromatic carbocycles. The molecule has 1 fully saturated rings. The number of urea groups is 1. The van der Waals surface area contributed by atoms with Crippen LogP contribution < -0.4 is 5.56 Å². The number of aromatic nitrogens is 5. The third kappa shape index (κ3) is 4.23. The van der Waals surface area contributed by atoms with E-state index >= 15 is 0 Å². The molecule has 0 bridgehead atoms. The molecule has 4 aromatic heterocycles. The maximum absolute atomic E-state index is 14.2. The number of hydrogen-bond acceptors (Lipinski definition) is 3. The smallest absolute Gasteiger partial charge is 0.345 e. The van der Waals surface area contributed by atoms with Gasteiger partial charge >= 0.3 is 12.2 Å². The van der Waals surface area contributed by atoms with E-state index in [1.165, 1.54) is 9.80 Å². The summed E-state index contributed by atoms with van der Waals surface area (Å²) in [4.78, 5) is 33.6. The summed E-state index contributed by atoms with van der Waals surface area (Å²) in [5.41, 5.74) is 1.31. The van der Waals surface area contributed by atoms with Gasteiger partial charge < -0.3 is 14.4 Å². The van der Waals surface area contributed by atoms with Gasteiger partial charge in [0, 0.05) is 68.9 Å². The van der Waals surface area contributed by atoms with Gasteiger partial charge in [0.25, 0.3) is 11.5 Å². The van der Waals surface area contributed by atoms with E-state index in [0.29, 0.717) is 28.1 Å². The highest BCUT2D eigenvalue weighted by atomic mass is 19.4. The molecule has 2 aliphatic heterocycles. The number of imidazole rings is 1. The Morgan fingerprint density at radius 1 is 1.00 bits per heavy atom. The summed E-state index contributed by atoms with van der Waals surface area (Å²) in [6.07, 6.45) is -0.628. The van der Waals surface area contributed by atoms with Gasteiger partial charge in [-0.25, -0.2) is 18.6 Å². The van der Waals surface area contributed by atoms with Crippen molar-refractivity contribution in [2.75, 3.05) is 19.6 Å². The number of aromatic amines is 2. The highest BCUT2D eigenvalue weighted by Gasteiger charge is 2.38. The monoisotopic (exact) mass is 585 g/mol. The molecule has 0 saturated carbocycles. The minimum atomic E-state index is -4.70. The van der Waals surface area contributed by atoms with Crippen molar-refractivity contribution < 1.29 is 26.7 Å². The Kier molecular flexibility index (Phi) is 5.75. The summed E-state index contributed by atoms with van der Waals surface area (Å²) in [6.45, 7) is -0.0100. The lowest BCUT2D eigenvalue weighted by Crippen LogP contribution is -2.49. The number of carbonyl (C=O) groups is 1. The van der Waals surface area contributed by atoms with Crippen LogP contribution in [0.1, 0.15) is 24.0 Å². The van der Waals surface area contributed by atoms with Crippen LogP contribution in [0.15, 0.2) is 53.7 Å². The molecule has 1 saturated heterocycles. The number of nitrogens with zero attached hydrogens (tertiary/aromatic N) is 5. The number of amides is 2. The van der Waals surface area contributed by atoms with E-state index in [9.17, 15) is 31.5 Å². The molecule has 9 nitrogen and oxygen atoms in total. The summed E-state index contributed by atoms with van der Waals surface area (Å²) in [5, 5.41) is 5.65. The highest BCUT2D eigenvalue weighted by Crippen LogP contribution is 2.41. The van der Waals surface area contributed by atoms with Gasteiger partial charge in [0.05, 0.1) is 34.2 Å². The molecule has 0 aliphatic carbocycles. The Balaban J connectivity index is 1.35. The number of halogens is 5. The number of hydrogen-bond donors (Lipinski definition) is 2. The van der Waals surface area contributed by atoms with E-state index in [0.717, 1.165) is 12.1 Å². The van der Waals surface area contributed by atoms with Gasteiger partial charge in [0.1, 0.15) is 5.65 Å². The van der Waals surface area contributed by atoms with Crippen LogP contribution in [0, 0.1) is 0 Å². The number of fused-ring (bicyclic) bond motifs is 1. The number of H-pyrrole nitrogens is 2. The second kappa shape index (κ2) is 9.19. The van der Waals surface area contributed by atoms with Crippen molar-refractivity contribution in [1.29, 1.82) is 0 Å². The van der Waals surface area contributed by atoms with Gasteiger partial charge in [0.2, 0.25) is 0 Å². The van der Waals surface area contributed by atoms with E-state index in [4.69, 9.17) is 0 Å². The van der Waals surface area contributed by atoms with Crippen molar-refractivity contribution in [3.05, 3.63) is 70.4 Å². The third-order valence-electron chi connectivity index (χ3n) is 8.11. The molecule has 0 spiro atoms. The topological polar surface area (TPSA) is 94.4 Å². The zero-order chi connectivity index (χ0) is 29.4. The first kappa shape index (κ1) is 26.3. The molecule has 6 heterocycles. The first-order valence-electron chi connectivity index (χ1n) is 13.4. The number of pyridine rings is 1. The fraction of sp³-hybridized carbons (Fsp3) is 0.321. The second-order valence-electron chi connectivity index (χ2n) is 10.7. The number of nitrogens with one attached hydrogen (secondary N) is 2. The first-order chi connectivity index (χ1) is 20.0. The lowest BCUT2D eigenvalue weighted by molar-refractivity contribution is -0.137. The molecule has 5 aromatic rings. The van der Waals surface area contributed by atoms with E-state index in [-0.39, 0.29) is 49.2 Å². The Morgan fingerprint density at radius 3 is 2.55 bits per heavy atom. The predicted molar refractivity (Wildman–Crippen MR) is 143 cm³/mol. The number of likely N-dealkylation sites (tertiary alicyclic amines) is 1. The molecule has 2 aliphatic rings. The van der Waals surface area contributed by atoms with Crippen molar-refractivity contribution in [3.8, 4) is 22.5 Å². The molecular formula is C28H24F5N7O2. The molecule has 7 rings (SSSR count). The normalized spacial score (nSPS) is 17.3. The zero-order valence-electron chi connectivity index (χ0n) is 22.0. The lowest BCUT2D eigenvalue weighted by Gasteiger charge is -2.35. The Hall–Kier alpha value is -4.62. The number of carbonyl (C=O) groups excluding carboxylic acids is 1. The molecular weight excluding hydrogens is 561 g/mol. The SMILES string of the molecule is O=C(N1CCC(F)(F)CC1)N1CCn2cc(-c3c(-c4cnc5ccccn45)[nH][nH]c3=O)c3cc(C(F)(F)F)cc(c32)C1. The maximum Gasteiger partial charge on any atom is 0.416 e. The Bertz CT molecular complexity index is 1910. The number of rotatable bonds is 2. The summed E-state index contributed by atoms with van der Waals surface area (Å²) in [7, 11) is 0. The van der Waals surface area contributed by atoms with Crippen LogP contribution >= 0.6 is 0 Å². The van der Waals surface area contributed by atoms with Gasteiger partial charge in [-0.1, -0.05) is 6.07 Å². The molecule has 2 amide bonds. The van der Waals surface area contributed by atoms with Gasteiger partial charge in [-0.15, -0.1) is 0 Å². The van der Waals surface area contributed by atoms with Crippen LogP contribution in [-0.4, -0.2) is 65.5 Å². The second-order valence-corrected chi connectivity index (χ2v) is 10.7. The predicted octanol–water partition coefficient (Wildman–Crippen LogP) is 5.32. The van der Waals surface area contributed by atoms with Crippen LogP contribution in [0.3, 0.4) is 0 Å². The van der Waals surface area contributed by atoms with Gasteiger partial charge in [-0.2, -0.15) is 13.2 Å². The minimum Gasteiger partial charge on any atom is -0.345 e. The fourth-order valence-corrected chi connectivity index (χ4v) is 6.01. The quantitative estimate of drug-likeness (QED) is 0.275. The molecule has 0 unspecified atom stereocenters. The molecule has 14 heteroatoms. The van der Waals surface area contributed by atoms with Crippen molar-refractivity contribution in [3.63, 3.8) is 0 Å². The highest BCUT2D eigenvalue weighted by molar-refractivity contribution is 6.01. The van der Waals surface area contributed by atoms with Crippen LogP contribution in [-0.2, 0) is 19.3 Å². The average Bonchev–Trinajstić information content (AvgIpc) is 3.60. The zero-order valence-corrected chi connectivity index (χ0v) is 22.0. The number of benzene rings is 1. The fourth-order valence-electron chi connectivity index (χ4n) is 6.01. The van der Waals surface area contributed by atoms with E-state index < -0.39 is 42.1 Å². The summed E-state index contributed by atoms with van der Waals surface area (Å²) in [6, 6.07) is 6.96. The van der Waals surface area contributed by atoms with E-state index in [1.807, 2.05) is 6.07 Å². The van der Waals surface area contributed by atoms with E-state index in [1.54, 1.807) is 39.7 Å². The van der Waals surface area contributed by atoms with Crippen molar-refractivity contribution in [2.24, 2.45) is 0 Å². The van der Waals surface area contributed by atoms with Gasteiger partial charge in [0.15, 0.2) is 0 Å². The van der Waals surface area contributed by atoms with Crippen molar-refractivity contribution >= 4 is 22.6 Å². The molecule has 0 radical (unpaired) electrons. The van der Waals surface area contributed by atoms with Crippen molar-refractivity contribution in [1.82, 2.24) is 33.9 Å². The standard InChI is InChI=1S/C28H24F5N7O2/c29-27(30)4-7-37(8-5-27)26(42)39-10-9-38-15-19(18-12-17(28(31,32)33)11-16(14-39)24(18)38)22-23(35-36-25(22)41)20-13-34-21-3-1-2-6-40(20)21/h1-3,6,11-13,15H,4-5,7-10,14H2,(H2,35,36,41). The van der Waals surface area contributed by atoms with Crippen LogP contribution in [0.2, 0.25) is 0 Å². The van der Waals surface area contributed by atoms with Gasteiger partial charge in [-0.05, 0) is 29.8 Å². The van der Waals surface area contributed by atoms with Crippen LogP contribution in [0.5, 0.6) is 0 Å². The van der Waals surface area contributed by atoms with E-state index in [2.05, 4.69) is 15.2 Å². The Labute approximate surface area is 234 Å². The number of alkyl halides is 5. The molecule has 2 N–H and O–H groups in total. The largest absolute Gasteiger partial charge is 0.416 e. The molecule has 218 valence electrons. The maximum atomic E-state index is 14.2. The Morgan fingerprint density at radius 2 is 1.79 bits per heavy atom. The summed E-state index contributed by atoms with van der Waals surface area (Å²) < 4.78 is 73.3. The molecule has 42 heavy (non-hydrogen) atoms. The first-order valence-corrected chi connectivity index (χ1v) is 13.4. The van der Waals surface area contributed by atoms with Crippen molar-refractivity contribution in [2.45, 2.75) is 38.0 Å². The average molecular weight is 586 g/mol.